The van der Waals surface area contributed by atoms with E-state index in [2.05, 4.69) is 26.5 Å². The van der Waals surface area contributed by atoms with Gasteiger partial charge in [-0.15, -0.1) is 0 Å². The Labute approximate surface area is 200 Å². The second-order valence-electron chi connectivity index (χ2n) is 6.84. The summed E-state index contributed by atoms with van der Waals surface area (Å²) in [5.41, 5.74) is 3.54. The van der Waals surface area contributed by atoms with Crippen LogP contribution in [-0.4, -0.2) is 30.8 Å². The van der Waals surface area contributed by atoms with Crippen LogP contribution in [0.25, 0.3) is 0 Å². The van der Waals surface area contributed by atoms with Gasteiger partial charge in [-0.25, -0.2) is 10.2 Å². The van der Waals surface area contributed by atoms with Crippen LogP contribution in [0, 0.1) is 0 Å². The number of nitrogens with one attached hydrogen (secondary N) is 1. The summed E-state index contributed by atoms with van der Waals surface area (Å²) in [6.45, 7) is 3.85. The Bertz CT molecular complexity index is 1120. The summed E-state index contributed by atoms with van der Waals surface area (Å²) in [5.74, 6) is 0.386. The SMILES string of the molecule is CCOc1cc(/C=N\NC(=O)[C@H](C)Oc2ccc(Br)cc2)ccc1OC(=O)c1ccccc1. The van der Waals surface area contributed by atoms with Crippen LogP contribution in [-0.2, 0) is 4.79 Å². The quantitative estimate of drug-likeness (QED) is 0.190. The van der Waals surface area contributed by atoms with Crippen molar-refractivity contribution in [1.82, 2.24) is 5.43 Å². The summed E-state index contributed by atoms with van der Waals surface area (Å²) in [5, 5.41) is 3.98. The molecule has 0 saturated heterocycles. The van der Waals surface area contributed by atoms with Gasteiger partial charge in [0.15, 0.2) is 17.6 Å². The molecule has 3 aromatic rings. The van der Waals surface area contributed by atoms with Crippen LogP contribution in [0.4, 0.5) is 0 Å². The molecule has 0 aliphatic carbocycles. The van der Waals surface area contributed by atoms with Gasteiger partial charge >= 0.3 is 5.97 Å². The van der Waals surface area contributed by atoms with Crippen LogP contribution in [0.3, 0.4) is 0 Å². The number of rotatable bonds is 9. The molecule has 1 amide bonds. The van der Waals surface area contributed by atoms with Crippen LogP contribution in [0.15, 0.2) is 82.4 Å². The molecule has 0 saturated carbocycles. The normalized spacial score (nSPS) is 11.6. The van der Waals surface area contributed by atoms with Crippen molar-refractivity contribution in [3.8, 4) is 17.2 Å². The van der Waals surface area contributed by atoms with Gasteiger partial charge in [0, 0.05) is 4.47 Å². The Hall–Kier alpha value is -3.65. The maximum atomic E-state index is 12.3. The molecule has 33 heavy (non-hydrogen) atoms. The first kappa shape index (κ1) is 24.0. The van der Waals surface area contributed by atoms with Gasteiger partial charge in [0.1, 0.15) is 5.75 Å². The number of nitrogens with zero attached hydrogens (tertiary/aromatic N) is 1. The second-order valence-corrected chi connectivity index (χ2v) is 7.76. The molecule has 0 heterocycles. The minimum Gasteiger partial charge on any atom is -0.490 e. The fourth-order valence-corrected chi connectivity index (χ4v) is 2.99. The highest BCUT2D eigenvalue weighted by atomic mass is 79.9. The molecular weight excluding hydrogens is 488 g/mol. The van der Waals surface area contributed by atoms with E-state index < -0.39 is 18.0 Å². The smallest absolute Gasteiger partial charge is 0.343 e. The predicted octanol–water partition coefficient (Wildman–Crippen LogP) is 4.98. The highest BCUT2D eigenvalue weighted by Crippen LogP contribution is 2.29. The third-order valence-corrected chi connectivity index (χ3v) is 4.89. The van der Waals surface area contributed by atoms with Crippen molar-refractivity contribution in [2.24, 2.45) is 5.10 Å². The van der Waals surface area contributed by atoms with Crippen LogP contribution in [0.5, 0.6) is 17.2 Å². The lowest BCUT2D eigenvalue weighted by Gasteiger charge is -2.13. The first-order valence-corrected chi connectivity index (χ1v) is 11.0. The molecule has 0 unspecified atom stereocenters. The maximum Gasteiger partial charge on any atom is 0.343 e. The number of hydrazone groups is 1. The Morgan fingerprint density at radius 1 is 1.03 bits per heavy atom. The highest BCUT2D eigenvalue weighted by molar-refractivity contribution is 9.10. The predicted molar refractivity (Wildman–Crippen MR) is 129 cm³/mol. The number of esters is 1. The molecule has 3 aromatic carbocycles. The van der Waals surface area contributed by atoms with Crippen molar-refractivity contribution >= 4 is 34.0 Å². The second kappa shape index (κ2) is 11.8. The van der Waals surface area contributed by atoms with Gasteiger partial charge in [0.25, 0.3) is 5.91 Å². The molecule has 3 rings (SSSR count). The summed E-state index contributed by atoms with van der Waals surface area (Å²) < 4.78 is 17.6. The van der Waals surface area contributed by atoms with Crippen molar-refractivity contribution in [3.05, 3.63) is 88.4 Å². The molecule has 170 valence electrons. The summed E-state index contributed by atoms with van der Waals surface area (Å²) in [6, 6.07) is 20.9. The lowest BCUT2D eigenvalue weighted by Crippen LogP contribution is -2.33. The van der Waals surface area contributed by atoms with Crippen molar-refractivity contribution in [1.29, 1.82) is 0 Å². The average Bonchev–Trinajstić information content (AvgIpc) is 2.82. The highest BCUT2D eigenvalue weighted by Gasteiger charge is 2.15. The van der Waals surface area contributed by atoms with E-state index in [0.29, 0.717) is 35.0 Å². The zero-order valence-electron chi connectivity index (χ0n) is 18.2. The lowest BCUT2D eigenvalue weighted by molar-refractivity contribution is -0.127. The number of carbonyl (C=O) groups excluding carboxylic acids is 2. The van der Waals surface area contributed by atoms with Crippen molar-refractivity contribution in [2.75, 3.05) is 6.61 Å². The molecule has 0 aromatic heterocycles. The van der Waals surface area contributed by atoms with E-state index in [1.165, 1.54) is 6.21 Å². The van der Waals surface area contributed by atoms with Gasteiger partial charge in [-0.2, -0.15) is 5.10 Å². The van der Waals surface area contributed by atoms with Crippen molar-refractivity contribution in [2.45, 2.75) is 20.0 Å². The van der Waals surface area contributed by atoms with Crippen molar-refractivity contribution < 1.29 is 23.8 Å². The Balaban J connectivity index is 1.61. The Morgan fingerprint density at radius 2 is 1.76 bits per heavy atom. The van der Waals surface area contributed by atoms with E-state index in [1.54, 1.807) is 61.5 Å². The first-order valence-electron chi connectivity index (χ1n) is 10.3. The molecule has 0 fully saturated rings. The molecule has 0 radical (unpaired) electrons. The van der Waals surface area contributed by atoms with E-state index in [1.807, 2.05) is 25.1 Å². The number of hydrogen-bond acceptors (Lipinski definition) is 6. The Kier molecular flexibility index (Phi) is 8.60. The third kappa shape index (κ3) is 7.18. The lowest BCUT2D eigenvalue weighted by atomic mass is 10.2. The number of carbonyl (C=O) groups is 2. The van der Waals surface area contributed by atoms with Gasteiger partial charge in [-0.3, -0.25) is 4.79 Å². The molecule has 8 heteroatoms. The summed E-state index contributed by atoms with van der Waals surface area (Å²) >= 11 is 3.35. The summed E-state index contributed by atoms with van der Waals surface area (Å²) in [6.07, 6.45) is 0.734. The molecule has 0 aliphatic rings. The molecule has 0 spiro atoms. The van der Waals surface area contributed by atoms with Gasteiger partial charge in [-0.05, 0) is 74.0 Å². The fraction of sp³-hybridized carbons (Fsp3) is 0.160. The summed E-state index contributed by atoms with van der Waals surface area (Å²) in [4.78, 5) is 24.6. The third-order valence-electron chi connectivity index (χ3n) is 4.36. The zero-order valence-corrected chi connectivity index (χ0v) is 19.7. The van der Waals surface area contributed by atoms with Gasteiger partial charge in [0.05, 0.1) is 18.4 Å². The minimum absolute atomic E-state index is 0.295. The maximum absolute atomic E-state index is 12.3. The van der Waals surface area contributed by atoms with Crippen LogP contribution >= 0.6 is 15.9 Å². The van der Waals surface area contributed by atoms with Crippen molar-refractivity contribution in [3.63, 3.8) is 0 Å². The molecule has 1 atom stereocenters. The topological polar surface area (TPSA) is 86.2 Å². The number of hydrogen-bond donors (Lipinski definition) is 1. The average molecular weight is 511 g/mol. The monoisotopic (exact) mass is 510 g/mol. The number of amides is 1. The minimum atomic E-state index is -0.734. The van der Waals surface area contributed by atoms with Gasteiger partial charge < -0.3 is 14.2 Å². The number of ether oxygens (including phenoxy) is 3. The standard InChI is InChI=1S/C25H23BrN2O5/c1-3-31-23-15-18(9-14-22(23)33-25(30)19-7-5-4-6-8-19)16-27-28-24(29)17(2)32-21-12-10-20(26)11-13-21/h4-17H,3H2,1-2H3,(H,28,29)/b27-16-/t17-/m0/s1. The number of halogens is 1. The summed E-state index contributed by atoms with van der Waals surface area (Å²) in [7, 11) is 0. The molecular formula is C25H23BrN2O5. The largest absolute Gasteiger partial charge is 0.490 e. The molecule has 1 N–H and O–H groups in total. The van der Waals surface area contributed by atoms with Crippen LogP contribution < -0.4 is 19.6 Å². The van der Waals surface area contributed by atoms with E-state index in [0.717, 1.165) is 4.47 Å². The Morgan fingerprint density at radius 3 is 2.45 bits per heavy atom. The van der Waals surface area contributed by atoms with Crippen LogP contribution in [0.1, 0.15) is 29.8 Å². The van der Waals surface area contributed by atoms with E-state index >= 15 is 0 Å². The molecule has 0 bridgehead atoms. The number of benzene rings is 3. The van der Waals surface area contributed by atoms with E-state index in [-0.39, 0.29) is 0 Å². The van der Waals surface area contributed by atoms with Gasteiger partial charge in [-0.1, -0.05) is 34.1 Å². The first-order chi connectivity index (χ1) is 16.0. The molecule has 0 aliphatic heterocycles. The fourth-order valence-electron chi connectivity index (χ4n) is 2.72. The van der Waals surface area contributed by atoms with Gasteiger partial charge in [0.2, 0.25) is 0 Å². The zero-order chi connectivity index (χ0) is 23.6. The van der Waals surface area contributed by atoms with E-state index in [9.17, 15) is 9.59 Å². The molecule has 7 nitrogen and oxygen atoms in total. The van der Waals surface area contributed by atoms with Crippen LogP contribution in [0.2, 0.25) is 0 Å². The van der Waals surface area contributed by atoms with E-state index in [4.69, 9.17) is 14.2 Å².